The number of nitrogens with zero attached hydrogens (tertiary/aromatic N) is 2. The lowest BCUT2D eigenvalue weighted by Crippen LogP contribution is -2.12. The van der Waals surface area contributed by atoms with Crippen LogP contribution >= 0.6 is 11.8 Å². The molecule has 0 bridgehead atoms. The van der Waals surface area contributed by atoms with Crippen molar-refractivity contribution in [2.75, 3.05) is 5.43 Å². The van der Waals surface area contributed by atoms with Gasteiger partial charge in [-0.2, -0.15) is 13.2 Å². The number of nitrogen functional groups attached to an aromatic ring is 1. The van der Waals surface area contributed by atoms with E-state index in [-0.39, 0.29) is 16.1 Å². The number of rotatable bonds is 3. The maximum atomic E-state index is 12.7. The Kier molecular flexibility index (Phi) is 3.67. The van der Waals surface area contributed by atoms with Crippen molar-refractivity contribution >= 4 is 17.6 Å². The standard InChI is InChI=1S/C10H9F3N4OS/c1-5-4-18-9(15-5)19-8-3-6(10(11,12)13)2-7(16-8)17-14/h2-4H,14H2,1H3,(H,16,17). The molecule has 0 spiro atoms. The summed E-state index contributed by atoms with van der Waals surface area (Å²) in [5.74, 6) is 5.02. The molecular weight excluding hydrogens is 281 g/mol. The van der Waals surface area contributed by atoms with Crippen LogP contribution in [0.2, 0.25) is 0 Å². The van der Waals surface area contributed by atoms with Crippen molar-refractivity contribution in [3.8, 4) is 0 Å². The summed E-state index contributed by atoms with van der Waals surface area (Å²) in [6.45, 7) is 1.71. The van der Waals surface area contributed by atoms with Gasteiger partial charge in [0.15, 0.2) is 0 Å². The van der Waals surface area contributed by atoms with Gasteiger partial charge in [0, 0.05) is 0 Å². The number of aromatic nitrogens is 2. The molecule has 0 fully saturated rings. The summed E-state index contributed by atoms with van der Waals surface area (Å²) in [4.78, 5) is 7.87. The summed E-state index contributed by atoms with van der Waals surface area (Å²) in [5.41, 5.74) is 1.88. The van der Waals surface area contributed by atoms with Crippen molar-refractivity contribution in [2.24, 2.45) is 5.84 Å². The molecule has 0 amide bonds. The van der Waals surface area contributed by atoms with Crippen LogP contribution in [-0.4, -0.2) is 9.97 Å². The number of nitrogens with two attached hydrogens (primary N) is 1. The molecule has 2 aromatic heterocycles. The fourth-order valence-corrected chi connectivity index (χ4v) is 2.06. The molecule has 2 rings (SSSR count). The summed E-state index contributed by atoms with van der Waals surface area (Å²) in [5, 5.41) is 0.303. The zero-order valence-corrected chi connectivity index (χ0v) is 10.5. The number of halogens is 3. The van der Waals surface area contributed by atoms with E-state index in [2.05, 4.69) is 15.4 Å². The Morgan fingerprint density at radius 1 is 1.32 bits per heavy atom. The minimum atomic E-state index is -4.48. The van der Waals surface area contributed by atoms with E-state index in [1.165, 1.54) is 6.26 Å². The molecule has 0 aromatic carbocycles. The smallest absolute Gasteiger partial charge is 0.416 e. The number of hydrogen-bond acceptors (Lipinski definition) is 6. The molecule has 0 unspecified atom stereocenters. The topological polar surface area (TPSA) is 77.0 Å². The third kappa shape index (κ3) is 3.38. The summed E-state index contributed by atoms with van der Waals surface area (Å²) >= 11 is 0.884. The zero-order chi connectivity index (χ0) is 14.0. The highest BCUT2D eigenvalue weighted by Crippen LogP contribution is 2.34. The van der Waals surface area contributed by atoms with E-state index in [0.29, 0.717) is 5.69 Å². The van der Waals surface area contributed by atoms with Crippen molar-refractivity contribution < 1.29 is 17.6 Å². The molecule has 0 saturated carbocycles. The van der Waals surface area contributed by atoms with Gasteiger partial charge in [-0.1, -0.05) is 0 Å². The Bertz CT molecular complexity index is 584. The van der Waals surface area contributed by atoms with Gasteiger partial charge < -0.3 is 9.84 Å². The van der Waals surface area contributed by atoms with Gasteiger partial charge in [0.25, 0.3) is 5.22 Å². The molecule has 2 aromatic rings. The minimum absolute atomic E-state index is 0.0828. The molecule has 19 heavy (non-hydrogen) atoms. The number of hydrazine groups is 1. The quantitative estimate of drug-likeness (QED) is 0.668. The zero-order valence-electron chi connectivity index (χ0n) is 9.65. The molecule has 102 valence electrons. The summed E-state index contributed by atoms with van der Waals surface area (Å²) in [6.07, 6.45) is -3.08. The lowest BCUT2D eigenvalue weighted by atomic mass is 10.2. The second kappa shape index (κ2) is 5.10. The van der Waals surface area contributed by atoms with Crippen LogP contribution in [-0.2, 0) is 6.18 Å². The molecular formula is C10H9F3N4OS. The van der Waals surface area contributed by atoms with Crippen molar-refractivity contribution in [2.45, 2.75) is 23.3 Å². The number of aryl methyl sites for hydroxylation is 1. The molecule has 5 nitrogen and oxygen atoms in total. The van der Waals surface area contributed by atoms with Gasteiger partial charge in [-0.3, -0.25) is 0 Å². The number of anilines is 1. The average molecular weight is 290 g/mol. The number of oxazole rings is 1. The van der Waals surface area contributed by atoms with E-state index < -0.39 is 11.7 Å². The summed E-state index contributed by atoms with van der Waals surface area (Å²) in [6, 6.07) is 1.73. The largest absolute Gasteiger partial charge is 0.439 e. The van der Waals surface area contributed by atoms with Gasteiger partial charge in [-0.05, 0) is 30.8 Å². The Balaban J connectivity index is 2.34. The van der Waals surface area contributed by atoms with Crippen LogP contribution in [0.25, 0.3) is 0 Å². The van der Waals surface area contributed by atoms with Crippen LogP contribution < -0.4 is 11.3 Å². The predicted molar refractivity (Wildman–Crippen MR) is 62.4 cm³/mol. The molecule has 0 radical (unpaired) electrons. The molecule has 9 heteroatoms. The fourth-order valence-electron chi connectivity index (χ4n) is 1.26. The predicted octanol–water partition coefficient (Wildman–Crippen LogP) is 2.83. The van der Waals surface area contributed by atoms with Crippen LogP contribution in [0.4, 0.5) is 19.0 Å². The first-order valence-corrected chi connectivity index (χ1v) is 5.86. The van der Waals surface area contributed by atoms with Gasteiger partial charge in [-0.25, -0.2) is 15.8 Å². The van der Waals surface area contributed by atoms with E-state index in [1.54, 1.807) is 6.92 Å². The summed E-state index contributed by atoms with van der Waals surface area (Å²) in [7, 11) is 0. The van der Waals surface area contributed by atoms with Gasteiger partial charge in [0.1, 0.15) is 17.1 Å². The molecule has 0 aliphatic rings. The van der Waals surface area contributed by atoms with E-state index in [0.717, 1.165) is 23.9 Å². The highest BCUT2D eigenvalue weighted by molar-refractivity contribution is 7.99. The van der Waals surface area contributed by atoms with E-state index in [9.17, 15) is 13.2 Å². The summed E-state index contributed by atoms with van der Waals surface area (Å²) < 4.78 is 43.1. The number of nitrogens with one attached hydrogen (secondary N) is 1. The van der Waals surface area contributed by atoms with Gasteiger partial charge >= 0.3 is 6.18 Å². The Hall–Kier alpha value is -1.74. The van der Waals surface area contributed by atoms with Crippen molar-refractivity contribution in [1.29, 1.82) is 0 Å². The monoisotopic (exact) mass is 290 g/mol. The third-order valence-corrected chi connectivity index (χ3v) is 2.85. The third-order valence-electron chi connectivity index (χ3n) is 2.07. The van der Waals surface area contributed by atoms with Crippen molar-refractivity contribution in [3.05, 3.63) is 29.7 Å². The van der Waals surface area contributed by atoms with E-state index in [1.807, 2.05) is 0 Å². The molecule has 0 aliphatic carbocycles. The van der Waals surface area contributed by atoms with Crippen LogP contribution in [0.1, 0.15) is 11.3 Å². The maximum Gasteiger partial charge on any atom is 0.416 e. The van der Waals surface area contributed by atoms with E-state index >= 15 is 0 Å². The molecule has 2 heterocycles. The van der Waals surface area contributed by atoms with Crippen molar-refractivity contribution in [3.63, 3.8) is 0 Å². The molecule has 3 N–H and O–H groups in total. The highest BCUT2D eigenvalue weighted by atomic mass is 32.2. The van der Waals surface area contributed by atoms with Crippen LogP contribution in [0.15, 0.2) is 33.1 Å². The molecule has 0 saturated heterocycles. The first-order chi connectivity index (χ1) is 8.88. The van der Waals surface area contributed by atoms with Crippen LogP contribution in [0.3, 0.4) is 0 Å². The highest BCUT2D eigenvalue weighted by Gasteiger charge is 2.31. The van der Waals surface area contributed by atoms with Gasteiger partial charge in [0.05, 0.1) is 11.3 Å². The van der Waals surface area contributed by atoms with Gasteiger partial charge in [0.2, 0.25) is 0 Å². The van der Waals surface area contributed by atoms with Crippen LogP contribution in [0.5, 0.6) is 0 Å². The second-order valence-corrected chi connectivity index (χ2v) is 4.55. The maximum absolute atomic E-state index is 12.7. The Morgan fingerprint density at radius 2 is 2.05 bits per heavy atom. The minimum Gasteiger partial charge on any atom is -0.439 e. The fraction of sp³-hybridized carbons (Fsp3) is 0.200. The molecule has 0 aliphatic heterocycles. The van der Waals surface area contributed by atoms with Crippen molar-refractivity contribution in [1.82, 2.24) is 9.97 Å². The normalized spacial score (nSPS) is 11.6. The average Bonchev–Trinajstić information content (AvgIpc) is 2.73. The first-order valence-electron chi connectivity index (χ1n) is 5.04. The SMILES string of the molecule is Cc1coc(Sc2cc(C(F)(F)F)cc(NN)n2)n1. The first kappa shape index (κ1) is 13.7. The van der Waals surface area contributed by atoms with E-state index in [4.69, 9.17) is 10.3 Å². The van der Waals surface area contributed by atoms with Gasteiger partial charge in [-0.15, -0.1) is 0 Å². The number of pyridine rings is 1. The Morgan fingerprint density at radius 3 is 2.58 bits per heavy atom. The number of hydrogen-bond donors (Lipinski definition) is 2. The van der Waals surface area contributed by atoms with Crippen LogP contribution in [0, 0.1) is 6.92 Å². The Labute approximate surface area is 110 Å². The number of alkyl halides is 3. The lowest BCUT2D eigenvalue weighted by Gasteiger charge is -2.09. The second-order valence-electron chi connectivity index (χ2n) is 3.58. The lowest BCUT2D eigenvalue weighted by molar-refractivity contribution is -0.137. The molecule has 0 atom stereocenters.